The van der Waals surface area contributed by atoms with Gasteiger partial charge in [-0.2, -0.15) is 0 Å². The summed E-state index contributed by atoms with van der Waals surface area (Å²) in [5.74, 6) is 2.07. The maximum absolute atomic E-state index is 12.7. The van der Waals surface area contributed by atoms with E-state index in [0.717, 1.165) is 54.8 Å². The number of nitrogens with zero attached hydrogens (tertiary/aromatic N) is 1. The third-order valence-electron chi connectivity index (χ3n) is 7.44. The smallest absolute Gasteiger partial charge is 0.325 e. The Hall–Kier alpha value is -1.59. The monoisotopic (exact) mass is 345 g/mol. The summed E-state index contributed by atoms with van der Waals surface area (Å²) in [5.41, 5.74) is -0.886. The molecule has 0 radical (unpaired) electrons. The van der Waals surface area contributed by atoms with Gasteiger partial charge in [0.25, 0.3) is 5.91 Å². The quantitative estimate of drug-likeness (QED) is 0.763. The van der Waals surface area contributed by atoms with Gasteiger partial charge in [-0.15, -0.1) is 0 Å². The molecule has 6 nitrogen and oxygen atoms in total. The number of nitrogens with one attached hydrogen (secondary N) is 2. The number of carbonyl (C=O) groups excluding carboxylic acids is 3. The maximum atomic E-state index is 12.7. The van der Waals surface area contributed by atoms with Crippen LogP contribution in [-0.2, 0) is 9.59 Å². The lowest BCUT2D eigenvalue weighted by molar-refractivity contribution is -0.137. The molecule has 1 atom stereocenters. The van der Waals surface area contributed by atoms with Gasteiger partial charge in [-0.05, 0) is 82.0 Å². The fraction of sp³-hybridized carbons (Fsp3) is 0.842. The Kier molecular flexibility index (Phi) is 3.12. The number of amides is 4. The summed E-state index contributed by atoms with van der Waals surface area (Å²) in [7, 11) is 0. The summed E-state index contributed by atoms with van der Waals surface area (Å²) in [6.07, 6.45) is 9.12. The average molecular weight is 345 g/mol. The second-order valence-electron chi connectivity index (χ2n) is 9.54. The number of carbonyl (C=O) groups is 3. The summed E-state index contributed by atoms with van der Waals surface area (Å²) >= 11 is 0. The molecule has 5 aliphatic carbocycles. The fourth-order valence-electron chi connectivity index (χ4n) is 6.54. The summed E-state index contributed by atoms with van der Waals surface area (Å²) in [6, 6.07) is -0.417. The van der Waals surface area contributed by atoms with Crippen molar-refractivity contribution in [2.45, 2.75) is 69.4 Å². The van der Waals surface area contributed by atoms with Crippen molar-refractivity contribution in [3.63, 3.8) is 0 Å². The normalized spacial score (nSPS) is 45.0. The molecule has 5 saturated carbocycles. The lowest BCUT2D eigenvalue weighted by Crippen LogP contribution is -2.61. The van der Waals surface area contributed by atoms with E-state index in [1.807, 2.05) is 0 Å². The highest BCUT2D eigenvalue weighted by molar-refractivity contribution is 6.09. The molecular weight excluding hydrogens is 318 g/mol. The van der Waals surface area contributed by atoms with Crippen LogP contribution in [0.3, 0.4) is 0 Å². The van der Waals surface area contributed by atoms with Crippen LogP contribution in [0.1, 0.15) is 58.3 Å². The molecule has 0 spiro atoms. The first-order valence-corrected chi connectivity index (χ1v) is 9.82. The average Bonchev–Trinajstić information content (AvgIpc) is 3.32. The van der Waals surface area contributed by atoms with Crippen LogP contribution >= 0.6 is 0 Å². The summed E-state index contributed by atoms with van der Waals surface area (Å²) in [6.45, 7) is 1.65. The molecule has 136 valence electrons. The van der Waals surface area contributed by atoms with Crippen molar-refractivity contribution in [1.29, 1.82) is 0 Å². The van der Waals surface area contributed by atoms with Crippen LogP contribution in [0.4, 0.5) is 4.79 Å². The van der Waals surface area contributed by atoms with E-state index < -0.39 is 11.6 Å². The molecule has 1 aliphatic heterocycles. The van der Waals surface area contributed by atoms with Gasteiger partial charge in [0.05, 0.1) is 0 Å². The van der Waals surface area contributed by atoms with Crippen molar-refractivity contribution in [3.05, 3.63) is 0 Å². The Morgan fingerprint density at radius 3 is 2.20 bits per heavy atom. The van der Waals surface area contributed by atoms with Crippen molar-refractivity contribution in [2.75, 3.05) is 6.54 Å². The number of imide groups is 1. The minimum absolute atomic E-state index is 0.0785. The maximum Gasteiger partial charge on any atom is 0.325 e. The summed E-state index contributed by atoms with van der Waals surface area (Å²) in [4.78, 5) is 38.7. The Morgan fingerprint density at radius 2 is 1.68 bits per heavy atom. The lowest BCUT2D eigenvalue weighted by Gasteiger charge is -2.56. The topological polar surface area (TPSA) is 78.5 Å². The van der Waals surface area contributed by atoms with E-state index in [-0.39, 0.29) is 29.8 Å². The van der Waals surface area contributed by atoms with E-state index >= 15 is 0 Å². The van der Waals surface area contributed by atoms with Crippen LogP contribution in [0.25, 0.3) is 0 Å². The molecule has 6 aliphatic rings. The number of hydrogen-bond donors (Lipinski definition) is 2. The molecule has 0 aromatic heterocycles. The molecule has 0 aromatic carbocycles. The highest BCUT2D eigenvalue weighted by atomic mass is 16.2. The third kappa shape index (κ3) is 2.40. The SMILES string of the molecule is C[C@]1(C2CC2)NC(=O)N(CC(=O)NC23CC4CC(CC(C4)C2)C3)C1=O. The molecule has 0 aromatic rings. The summed E-state index contributed by atoms with van der Waals surface area (Å²) in [5, 5.41) is 6.07. The van der Waals surface area contributed by atoms with Crippen LogP contribution in [0, 0.1) is 23.7 Å². The molecular formula is C19H27N3O3. The lowest BCUT2D eigenvalue weighted by atomic mass is 9.53. The van der Waals surface area contributed by atoms with Crippen LogP contribution in [0.2, 0.25) is 0 Å². The van der Waals surface area contributed by atoms with E-state index in [4.69, 9.17) is 0 Å². The van der Waals surface area contributed by atoms with Gasteiger partial charge in [0.1, 0.15) is 12.1 Å². The third-order valence-corrected chi connectivity index (χ3v) is 7.44. The van der Waals surface area contributed by atoms with Gasteiger partial charge in [0, 0.05) is 5.54 Å². The first kappa shape index (κ1) is 15.6. The highest BCUT2D eigenvalue weighted by Gasteiger charge is 2.57. The molecule has 25 heavy (non-hydrogen) atoms. The highest BCUT2D eigenvalue weighted by Crippen LogP contribution is 2.55. The fourth-order valence-corrected chi connectivity index (χ4v) is 6.54. The molecule has 6 fully saturated rings. The number of urea groups is 1. The van der Waals surface area contributed by atoms with E-state index in [9.17, 15) is 14.4 Å². The van der Waals surface area contributed by atoms with Gasteiger partial charge < -0.3 is 10.6 Å². The zero-order chi connectivity index (χ0) is 17.4. The molecule has 0 unspecified atom stereocenters. The van der Waals surface area contributed by atoms with Gasteiger partial charge in [0.2, 0.25) is 5.91 Å². The molecule has 1 saturated heterocycles. The first-order chi connectivity index (χ1) is 11.9. The van der Waals surface area contributed by atoms with Gasteiger partial charge in [-0.3, -0.25) is 14.5 Å². The first-order valence-electron chi connectivity index (χ1n) is 9.82. The molecule has 6 heteroatoms. The molecule has 4 amide bonds. The second kappa shape index (κ2) is 4.98. The van der Waals surface area contributed by atoms with Gasteiger partial charge in [0.15, 0.2) is 0 Å². The molecule has 2 N–H and O–H groups in total. The van der Waals surface area contributed by atoms with Crippen LogP contribution in [-0.4, -0.2) is 40.4 Å². The van der Waals surface area contributed by atoms with E-state index in [0.29, 0.717) is 0 Å². The van der Waals surface area contributed by atoms with Crippen LogP contribution < -0.4 is 10.6 Å². The standard InChI is InChI=1S/C19H27N3O3/c1-18(14-2-3-14)16(24)22(17(25)21-18)10-15(23)20-19-7-11-4-12(8-19)6-13(5-11)9-19/h11-14H,2-10H2,1H3,(H,20,23)(H,21,25)/t11?,12?,13?,18-,19?/m1/s1. The predicted molar refractivity (Wildman–Crippen MR) is 90.4 cm³/mol. The Labute approximate surface area is 148 Å². The summed E-state index contributed by atoms with van der Waals surface area (Å²) < 4.78 is 0. The number of rotatable bonds is 4. The van der Waals surface area contributed by atoms with E-state index in [2.05, 4.69) is 10.6 Å². The largest absolute Gasteiger partial charge is 0.349 e. The van der Waals surface area contributed by atoms with Crippen molar-refractivity contribution < 1.29 is 14.4 Å². The zero-order valence-electron chi connectivity index (χ0n) is 14.8. The van der Waals surface area contributed by atoms with Crippen molar-refractivity contribution in [3.8, 4) is 0 Å². The van der Waals surface area contributed by atoms with Crippen molar-refractivity contribution in [1.82, 2.24) is 15.5 Å². The van der Waals surface area contributed by atoms with E-state index in [1.54, 1.807) is 6.92 Å². The Bertz CT molecular complexity index is 621. The molecule has 6 rings (SSSR count). The van der Waals surface area contributed by atoms with Crippen LogP contribution in [0.15, 0.2) is 0 Å². The van der Waals surface area contributed by atoms with Gasteiger partial charge >= 0.3 is 6.03 Å². The van der Waals surface area contributed by atoms with Crippen LogP contribution in [0.5, 0.6) is 0 Å². The molecule has 4 bridgehead atoms. The Morgan fingerprint density at radius 1 is 1.12 bits per heavy atom. The van der Waals surface area contributed by atoms with E-state index in [1.165, 1.54) is 19.3 Å². The van der Waals surface area contributed by atoms with Crippen molar-refractivity contribution in [2.24, 2.45) is 23.7 Å². The second-order valence-corrected chi connectivity index (χ2v) is 9.54. The van der Waals surface area contributed by atoms with Crippen molar-refractivity contribution >= 4 is 17.8 Å². The van der Waals surface area contributed by atoms with Gasteiger partial charge in [-0.1, -0.05) is 0 Å². The minimum atomic E-state index is -0.807. The van der Waals surface area contributed by atoms with Gasteiger partial charge in [-0.25, -0.2) is 4.79 Å². The number of hydrogen-bond acceptors (Lipinski definition) is 3. The molecule has 1 heterocycles. The Balaban J connectivity index is 1.27. The zero-order valence-corrected chi connectivity index (χ0v) is 14.8. The predicted octanol–water partition coefficient (Wildman–Crippen LogP) is 1.79. The minimum Gasteiger partial charge on any atom is -0.349 e.